The molecular formula is C13H13FN4. The maximum atomic E-state index is 13.6. The number of nitrogens with one attached hydrogen (secondary N) is 1. The van der Waals surface area contributed by atoms with Gasteiger partial charge in [-0.05, 0) is 24.3 Å². The molecular weight excluding hydrogens is 231 g/mol. The van der Waals surface area contributed by atoms with Gasteiger partial charge in [0.25, 0.3) is 0 Å². The van der Waals surface area contributed by atoms with Crippen LogP contribution in [-0.2, 0) is 0 Å². The van der Waals surface area contributed by atoms with Crippen molar-refractivity contribution in [2.75, 3.05) is 11.9 Å². The van der Waals surface area contributed by atoms with E-state index in [1.54, 1.807) is 48.5 Å². The van der Waals surface area contributed by atoms with E-state index in [0.717, 1.165) is 5.69 Å². The summed E-state index contributed by atoms with van der Waals surface area (Å²) in [6.45, 7) is 0. The van der Waals surface area contributed by atoms with Crippen LogP contribution in [0.4, 0.5) is 15.8 Å². The predicted octanol–water partition coefficient (Wildman–Crippen LogP) is 2.27. The molecule has 0 aliphatic heterocycles. The molecule has 1 aromatic carbocycles. The van der Waals surface area contributed by atoms with Crippen LogP contribution in [0.2, 0.25) is 0 Å². The molecule has 0 saturated carbocycles. The monoisotopic (exact) mass is 244 g/mol. The summed E-state index contributed by atoms with van der Waals surface area (Å²) in [4.78, 5) is 5.73. The van der Waals surface area contributed by atoms with Crippen molar-refractivity contribution in [2.45, 2.75) is 0 Å². The number of hydrogen-bond donors (Lipinski definition) is 2. The largest absolute Gasteiger partial charge is 0.382 e. The first-order valence-electron chi connectivity index (χ1n) is 5.38. The van der Waals surface area contributed by atoms with E-state index in [0.29, 0.717) is 11.4 Å². The minimum absolute atomic E-state index is 0.0879. The van der Waals surface area contributed by atoms with Crippen molar-refractivity contribution in [1.29, 1.82) is 5.41 Å². The van der Waals surface area contributed by atoms with E-state index in [2.05, 4.69) is 4.98 Å². The maximum Gasteiger partial charge on any atom is 0.146 e. The lowest BCUT2D eigenvalue weighted by Gasteiger charge is -2.19. The highest BCUT2D eigenvalue weighted by Crippen LogP contribution is 2.25. The van der Waals surface area contributed by atoms with Gasteiger partial charge < -0.3 is 10.6 Å². The fraction of sp³-hybridized carbons (Fsp3) is 0.0769. The number of pyridine rings is 1. The Hall–Kier alpha value is -2.43. The zero-order chi connectivity index (χ0) is 13.1. The topological polar surface area (TPSA) is 66.0 Å². The molecule has 2 aromatic rings. The van der Waals surface area contributed by atoms with E-state index in [1.165, 1.54) is 6.07 Å². The van der Waals surface area contributed by atoms with Crippen LogP contribution in [0.25, 0.3) is 0 Å². The highest BCUT2D eigenvalue weighted by Gasteiger charge is 2.09. The molecule has 1 heterocycles. The van der Waals surface area contributed by atoms with Crippen molar-refractivity contribution >= 4 is 17.2 Å². The maximum absolute atomic E-state index is 13.6. The molecule has 3 N–H and O–H groups in total. The number of benzene rings is 1. The Labute approximate surface area is 104 Å². The van der Waals surface area contributed by atoms with Crippen molar-refractivity contribution in [3.8, 4) is 0 Å². The minimum atomic E-state index is -0.296. The standard InChI is InChI=1S/C13H13FN4/c1-18(12-5-3-2-4-10(12)14)9-6-7-11(13(15)16)17-8-9/h2-8H,1H3,(H3,15,16). The number of rotatable bonds is 3. The average molecular weight is 244 g/mol. The fourth-order valence-electron chi connectivity index (χ4n) is 1.61. The highest BCUT2D eigenvalue weighted by atomic mass is 19.1. The zero-order valence-electron chi connectivity index (χ0n) is 9.89. The van der Waals surface area contributed by atoms with Crippen molar-refractivity contribution in [3.63, 3.8) is 0 Å². The third-order valence-corrected chi connectivity index (χ3v) is 2.62. The normalized spacial score (nSPS) is 10.1. The van der Waals surface area contributed by atoms with Gasteiger partial charge in [0, 0.05) is 7.05 Å². The van der Waals surface area contributed by atoms with Gasteiger partial charge in [-0.1, -0.05) is 12.1 Å². The molecule has 0 radical (unpaired) electrons. The predicted molar refractivity (Wildman–Crippen MR) is 69.7 cm³/mol. The van der Waals surface area contributed by atoms with Gasteiger partial charge in [-0.25, -0.2) is 4.39 Å². The lowest BCUT2D eigenvalue weighted by atomic mass is 10.2. The lowest BCUT2D eigenvalue weighted by Crippen LogP contribution is -2.15. The molecule has 18 heavy (non-hydrogen) atoms. The number of para-hydroxylation sites is 1. The third-order valence-electron chi connectivity index (χ3n) is 2.62. The number of hydrogen-bond acceptors (Lipinski definition) is 3. The molecule has 5 heteroatoms. The Morgan fingerprint density at radius 1 is 1.28 bits per heavy atom. The summed E-state index contributed by atoms with van der Waals surface area (Å²) >= 11 is 0. The summed E-state index contributed by atoms with van der Waals surface area (Å²) in [6, 6.07) is 9.89. The smallest absolute Gasteiger partial charge is 0.146 e. The van der Waals surface area contributed by atoms with Crippen LogP contribution in [0, 0.1) is 11.2 Å². The number of nitrogens with zero attached hydrogens (tertiary/aromatic N) is 2. The van der Waals surface area contributed by atoms with E-state index < -0.39 is 0 Å². The third kappa shape index (κ3) is 2.29. The van der Waals surface area contributed by atoms with Gasteiger partial charge in [-0.15, -0.1) is 0 Å². The molecule has 0 aliphatic rings. The van der Waals surface area contributed by atoms with Crippen LogP contribution in [0.5, 0.6) is 0 Å². The summed E-state index contributed by atoms with van der Waals surface area (Å²) in [7, 11) is 1.75. The zero-order valence-corrected chi connectivity index (χ0v) is 9.89. The van der Waals surface area contributed by atoms with Gasteiger partial charge in [-0.2, -0.15) is 0 Å². The molecule has 2 rings (SSSR count). The van der Waals surface area contributed by atoms with Gasteiger partial charge in [0.1, 0.15) is 17.3 Å². The van der Waals surface area contributed by atoms with Crippen LogP contribution >= 0.6 is 0 Å². The minimum Gasteiger partial charge on any atom is -0.382 e. The van der Waals surface area contributed by atoms with E-state index in [4.69, 9.17) is 11.1 Å². The van der Waals surface area contributed by atoms with Crippen LogP contribution in [0.3, 0.4) is 0 Å². The molecule has 0 saturated heterocycles. The number of amidine groups is 1. The van der Waals surface area contributed by atoms with Gasteiger partial charge in [-0.3, -0.25) is 10.4 Å². The van der Waals surface area contributed by atoms with E-state index in [1.807, 2.05) is 0 Å². The van der Waals surface area contributed by atoms with Crippen LogP contribution in [0.1, 0.15) is 5.69 Å². The van der Waals surface area contributed by atoms with Crippen molar-refractivity contribution in [2.24, 2.45) is 5.73 Å². The lowest BCUT2D eigenvalue weighted by molar-refractivity contribution is 0.627. The van der Waals surface area contributed by atoms with Crippen molar-refractivity contribution in [1.82, 2.24) is 4.98 Å². The Morgan fingerprint density at radius 3 is 2.56 bits per heavy atom. The van der Waals surface area contributed by atoms with Gasteiger partial charge in [0.15, 0.2) is 0 Å². The van der Waals surface area contributed by atoms with Gasteiger partial charge in [0.2, 0.25) is 0 Å². The first-order chi connectivity index (χ1) is 8.59. The Bertz CT molecular complexity index is 565. The second-order valence-corrected chi connectivity index (χ2v) is 3.83. The highest BCUT2D eigenvalue weighted by molar-refractivity contribution is 5.93. The molecule has 0 amide bonds. The SMILES string of the molecule is CN(c1ccc(C(=N)N)nc1)c1ccccc1F. The average Bonchev–Trinajstić information content (AvgIpc) is 2.38. The summed E-state index contributed by atoms with van der Waals surface area (Å²) in [5, 5.41) is 7.25. The quantitative estimate of drug-likeness (QED) is 0.643. The summed E-state index contributed by atoms with van der Waals surface area (Å²) in [5.74, 6) is -0.384. The number of anilines is 2. The van der Waals surface area contributed by atoms with Gasteiger partial charge in [0.05, 0.1) is 17.6 Å². The van der Waals surface area contributed by atoms with Crippen molar-refractivity contribution in [3.05, 3.63) is 54.1 Å². The summed E-state index contributed by atoms with van der Waals surface area (Å²) in [5.41, 5.74) is 6.92. The first kappa shape index (κ1) is 12.0. The molecule has 92 valence electrons. The number of aromatic nitrogens is 1. The molecule has 0 fully saturated rings. The second kappa shape index (κ2) is 4.83. The molecule has 0 bridgehead atoms. The second-order valence-electron chi connectivity index (χ2n) is 3.83. The van der Waals surface area contributed by atoms with Gasteiger partial charge >= 0.3 is 0 Å². The molecule has 0 aliphatic carbocycles. The Morgan fingerprint density at radius 2 is 2.00 bits per heavy atom. The summed E-state index contributed by atoms with van der Waals surface area (Å²) in [6.07, 6.45) is 1.56. The van der Waals surface area contributed by atoms with Crippen molar-refractivity contribution < 1.29 is 4.39 Å². The summed E-state index contributed by atoms with van der Waals surface area (Å²) < 4.78 is 13.6. The molecule has 4 nitrogen and oxygen atoms in total. The van der Waals surface area contributed by atoms with E-state index in [-0.39, 0.29) is 11.7 Å². The van der Waals surface area contributed by atoms with Crippen LogP contribution in [-0.4, -0.2) is 17.9 Å². The molecule has 1 aromatic heterocycles. The van der Waals surface area contributed by atoms with Crippen LogP contribution < -0.4 is 10.6 Å². The first-order valence-corrected chi connectivity index (χ1v) is 5.38. The van der Waals surface area contributed by atoms with E-state index in [9.17, 15) is 4.39 Å². The number of nitrogen functional groups attached to an aromatic ring is 1. The molecule has 0 unspecified atom stereocenters. The van der Waals surface area contributed by atoms with E-state index >= 15 is 0 Å². The molecule has 0 spiro atoms. The number of nitrogens with two attached hydrogens (primary N) is 1. The number of halogens is 1. The Balaban J connectivity index is 2.32. The molecule has 0 atom stereocenters. The Kier molecular flexibility index (Phi) is 3.23. The van der Waals surface area contributed by atoms with Crippen LogP contribution in [0.15, 0.2) is 42.6 Å². The fourth-order valence-corrected chi connectivity index (χ4v) is 1.61.